The number of phenolic OH excluding ortho intramolecular Hbond substituents is 1. The van der Waals surface area contributed by atoms with Gasteiger partial charge in [0.1, 0.15) is 11.4 Å². The second-order valence-corrected chi connectivity index (χ2v) is 9.42. The van der Waals surface area contributed by atoms with Gasteiger partial charge >= 0.3 is 0 Å². The molecule has 2 aromatic rings. The number of carbonyl (C=O) groups is 3. The highest BCUT2D eigenvalue weighted by molar-refractivity contribution is 14.1. The average molecular weight is 604 g/mol. The van der Waals surface area contributed by atoms with Crippen LogP contribution in [0.15, 0.2) is 59.9 Å². The lowest BCUT2D eigenvalue weighted by Gasteiger charge is -2.28. The van der Waals surface area contributed by atoms with Gasteiger partial charge in [0.05, 0.1) is 53.4 Å². The number of aromatic hydroxyl groups is 1. The Morgan fingerprint density at radius 1 is 1.08 bits per heavy atom. The van der Waals surface area contributed by atoms with Crippen molar-refractivity contribution >= 4 is 46.3 Å². The maximum absolute atomic E-state index is 13.3. The minimum atomic E-state index is -0.466. The number of carbonyl (C=O) groups excluding carboxylic acids is 3. The average Bonchev–Trinajstić information content (AvgIpc) is 3.15. The van der Waals surface area contributed by atoms with Crippen molar-refractivity contribution < 1.29 is 24.2 Å². The van der Waals surface area contributed by atoms with Crippen LogP contribution in [0.2, 0.25) is 0 Å². The largest absolute Gasteiger partial charge is 0.505 e. The first-order chi connectivity index (χ1) is 17.4. The highest BCUT2D eigenvalue weighted by Gasteiger charge is 2.42. The number of benzene rings is 2. The number of ether oxygens (including phenoxy) is 1. The summed E-state index contributed by atoms with van der Waals surface area (Å²) >= 11 is 1.90. The monoisotopic (exact) mass is 604 g/mol. The number of hydrogen-bond donors (Lipinski definition) is 2. The zero-order chi connectivity index (χ0) is 25.8. The summed E-state index contributed by atoms with van der Waals surface area (Å²) in [5.41, 5.74) is 1.64. The molecule has 2 aromatic carbocycles. The molecule has 36 heavy (non-hydrogen) atoms. The van der Waals surface area contributed by atoms with Gasteiger partial charge in [0, 0.05) is 19.6 Å². The normalized spacial score (nSPS) is 17.0. The van der Waals surface area contributed by atoms with Crippen molar-refractivity contribution in [3.63, 3.8) is 0 Å². The SMILES string of the molecule is CC[C@@H](NC1=C(N(I)c2cccc(C(=O)N3CCOCC3)c2O)C(=O)N(CC)C1=O)c1ccccc1. The number of hydrogen-bond acceptors (Lipinski definition) is 7. The summed E-state index contributed by atoms with van der Waals surface area (Å²) in [5, 5.41) is 14.4. The number of nitrogens with zero attached hydrogens (tertiary/aromatic N) is 3. The van der Waals surface area contributed by atoms with Crippen LogP contribution in [0.25, 0.3) is 0 Å². The number of para-hydroxylation sites is 1. The van der Waals surface area contributed by atoms with Crippen molar-refractivity contribution in [1.29, 1.82) is 0 Å². The van der Waals surface area contributed by atoms with E-state index in [1.165, 1.54) is 8.01 Å². The topological polar surface area (TPSA) is 102 Å². The lowest BCUT2D eigenvalue weighted by atomic mass is 10.0. The molecule has 0 radical (unpaired) electrons. The fourth-order valence-electron chi connectivity index (χ4n) is 4.36. The third-order valence-corrected chi connectivity index (χ3v) is 7.34. The molecule has 4 rings (SSSR count). The quantitative estimate of drug-likeness (QED) is 0.271. The highest BCUT2D eigenvalue weighted by atomic mass is 127. The molecule has 3 amide bonds. The van der Waals surface area contributed by atoms with Gasteiger partial charge in [0.25, 0.3) is 17.7 Å². The number of imide groups is 1. The first-order valence-electron chi connectivity index (χ1n) is 12.0. The summed E-state index contributed by atoms with van der Waals surface area (Å²) < 4.78 is 6.78. The van der Waals surface area contributed by atoms with Crippen LogP contribution in [0, 0.1) is 0 Å². The second kappa shape index (κ2) is 11.3. The minimum absolute atomic E-state index is 0.114. The smallest absolute Gasteiger partial charge is 0.280 e. The van der Waals surface area contributed by atoms with Gasteiger partial charge in [-0.05, 0) is 31.0 Å². The van der Waals surface area contributed by atoms with Crippen molar-refractivity contribution in [1.82, 2.24) is 15.1 Å². The van der Waals surface area contributed by atoms with Crippen LogP contribution >= 0.6 is 22.9 Å². The lowest BCUT2D eigenvalue weighted by molar-refractivity contribution is -0.137. The fourth-order valence-corrected chi connectivity index (χ4v) is 5.20. The third kappa shape index (κ3) is 4.92. The summed E-state index contributed by atoms with van der Waals surface area (Å²) in [4.78, 5) is 42.5. The van der Waals surface area contributed by atoms with Gasteiger partial charge in [-0.15, -0.1) is 0 Å². The van der Waals surface area contributed by atoms with E-state index in [1.54, 1.807) is 30.0 Å². The molecule has 2 aliphatic heterocycles. The molecule has 1 fully saturated rings. The zero-order valence-corrected chi connectivity index (χ0v) is 22.4. The van der Waals surface area contributed by atoms with Gasteiger partial charge in [0.15, 0.2) is 5.75 Å². The second-order valence-electron chi connectivity index (χ2n) is 8.45. The summed E-state index contributed by atoms with van der Waals surface area (Å²) in [6, 6.07) is 14.3. The van der Waals surface area contributed by atoms with Crippen LogP contribution in [0.5, 0.6) is 5.75 Å². The van der Waals surface area contributed by atoms with Crippen molar-refractivity contribution in [2.75, 3.05) is 36.0 Å². The Bertz CT molecular complexity index is 1180. The molecule has 190 valence electrons. The Balaban J connectivity index is 1.72. The third-order valence-electron chi connectivity index (χ3n) is 6.34. The summed E-state index contributed by atoms with van der Waals surface area (Å²) in [6.45, 7) is 5.70. The molecule has 0 bridgehead atoms. The van der Waals surface area contributed by atoms with Crippen molar-refractivity contribution in [3.05, 3.63) is 71.1 Å². The number of rotatable bonds is 8. The molecule has 2 N–H and O–H groups in total. The first kappa shape index (κ1) is 26.0. The number of likely N-dealkylation sites (N-methyl/N-ethyl adjacent to an activating group) is 1. The van der Waals surface area contributed by atoms with Gasteiger partial charge in [0.2, 0.25) is 0 Å². The number of anilines is 1. The highest BCUT2D eigenvalue weighted by Crippen LogP contribution is 2.39. The van der Waals surface area contributed by atoms with Gasteiger partial charge in [-0.1, -0.05) is 43.3 Å². The van der Waals surface area contributed by atoms with Gasteiger partial charge in [-0.2, -0.15) is 0 Å². The van der Waals surface area contributed by atoms with E-state index in [0.717, 1.165) is 5.56 Å². The molecule has 2 aliphatic rings. The molecule has 10 heteroatoms. The minimum Gasteiger partial charge on any atom is -0.505 e. The van der Waals surface area contributed by atoms with E-state index in [9.17, 15) is 19.5 Å². The Labute approximate surface area is 224 Å². The number of amides is 3. The number of morpholine rings is 1. The Kier molecular flexibility index (Phi) is 8.14. The first-order valence-corrected chi connectivity index (χ1v) is 12.9. The van der Waals surface area contributed by atoms with E-state index in [1.807, 2.05) is 60.1 Å². The summed E-state index contributed by atoms with van der Waals surface area (Å²) in [7, 11) is 0. The molecular weight excluding hydrogens is 575 g/mol. The summed E-state index contributed by atoms with van der Waals surface area (Å²) in [5.74, 6) is -1.45. The maximum Gasteiger partial charge on any atom is 0.280 e. The van der Waals surface area contributed by atoms with Gasteiger partial charge in [-0.3, -0.25) is 22.4 Å². The molecular formula is C26H29IN4O5. The molecule has 0 aliphatic carbocycles. The van der Waals surface area contributed by atoms with E-state index < -0.39 is 11.8 Å². The zero-order valence-electron chi connectivity index (χ0n) is 20.2. The Morgan fingerprint density at radius 3 is 2.42 bits per heavy atom. The molecule has 1 saturated heterocycles. The van der Waals surface area contributed by atoms with E-state index >= 15 is 0 Å². The number of halogens is 1. The number of nitrogens with one attached hydrogen (secondary N) is 1. The van der Waals surface area contributed by atoms with E-state index in [-0.39, 0.29) is 46.9 Å². The molecule has 0 aromatic heterocycles. The number of phenols is 1. The van der Waals surface area contributed by atoms with E-state index in [0.29, 0.717) is 32.7 Å². The maximum atomic E-state index is 13.3. The van der Waals surface area contributed by atoms with E-state index in [2.05, 4.69) is 5.32 Å². The molecule has 1 atom stereocenters. The van der Waals surface area contributed by atoms with Crippen molar-refractivity contribution in [2.45, 2.75) is 26.3 Å². The van der Waals surface area contributed by atoms with E-state index in [4.69, 9.17) is 4.74 Å². The molecule has 0 saturated carbocycles. The van der Waals surface area contributed by atoms with Gasteiger partial charge in [-0.25, -0.2) is 0 Å². The molecule has 0 unspecified atom stereocenters. The van der Waals surface area contributed by atoms with Crippen molar-refractivity contribution in [2.24, 2.45) is 0 Å². The standard InChI is InChI=1S/C26H29IN4O5/c1-3-19(17-9-6-5-7-10-17)28-21-22(26(35)30(4-2)25(21)34)31(27)20-12-8-11-18(23(20)32)24(33)29-13-15-36-16-14-29/h5-12,19,28,32H,3-4,13-16H2,1-2H3/t19-/m1/s1. The Hall–Kier alpha value is -3.12. The lowest BCUT2D eigenvalue weighted by Crippen LogP contribution is -2.40. The van der Waals surface area contributed by atoms with Crippen LogP contribution in [0.3, 0.4) is 0 Å². The predicted octanol–water partition coefficient (Wildman–Crippen LogP) is 3.36. The van der Waals surface area contributed by atoms with Crippen LogP contribution in [0.4, 0.5) is 5.69 Å². The fraction of sp³-hybridized carbons (Fsp3) is 0.346. The van der Waals surface area contributed by atoms with Crippen molar-refractivity contribution in [3.8, 4) is 5.75 Å². The van der Waals surface area contributed by atoms with Gasteiger partial charge < -0.3 is 20.1 Å². The molecule has 9 nitrogen and oxygen atoms in total. The molecule has 2 heterocycles. The van der Waals surface area contributed by atoms with Crippen LogP contribution < -0.4 is 8.43 Å². The van der Waals surface area contributed by atoms with Crippen LogP contribution in [-0.4, -0.2) is 65.5 Å². The molecule has 0 spiro atoms. The Morgan fingerprint density at radius 2 is 1.78 bits per heavy atom. The van der Waals surface area contributed by atoms with Crippen LogP contribution in [-0.2, 0) is 14.3 Å². The predicted molar refractivity (Wildman–Crippen MR) is 143 cm³/mol. The van der Waals surface area contributed by atoms with Crippen LogP contribution in [0.1, 0.15) is 42.2 Å². The summed E-state index contributed by atoms with van der Waals surface area (Å²) in [6.07, 6.45) is 0.685.